The molecule has 1 rings (SSSR count). The van der Waals surface area contributed by atoms with Crippen molar-refractivity contribution >= 4 is 6.03 Å². The Morgan fingerprint density at radius 3 is 2.59 bits per heavy atom. The molecule has 0 aromatic heterocycles. The van der Waals surface area contributed by atoms with E-state index in [-0.39, 0.29) is 6.03 Å². The Hall–Kier alpha value is -1.28. The van der Waals surface area contributed by atoms with Gasteiger partial charge in [0.2, 0.25) is 0 Å². The highest BCUT2D eigenvalue weighted by Gasteiger charge is 2.19. The fourth-order valence-corrected chi connectivity index (χ4v) is 1.98. The number of nitriles is 1. The number of rotatable bonds is 5. The molecule has 0 radical (unpaired) electrons. The molecule has 0 aromatic carbocycles. The van der Waals surface area contributed by atoms with Crippen LogP contribution in [0.2, 0.25) is 0 Å². The maximum absolute atomic E-state index is 11.6. The average Bonchev–Trinajstić information content (AvgIpc) is 2.36. The van der Waals surface area contributed by atoms with Crippen LogP contribution in [-0.2, 0) is 0 Å². The van der Waals surface area contributed by atoms with Crippen LogP contribution < -0.4 is 5.32 Å². The van der Waals surface area contributed by atoms with E-state index < -0.39 is 0 Å². The van der Waals surface area contributed by atoms with Gasteiger partial charge >= 0.3 is 6.03 Å². The number of unbranched alkanes of at least 4 members (excludes halogenated alkanes) is 2. The van der Waals surface area contributed by atoms with E-state index in [0.29, 0.717) is 13.0 Å². The zero-order valence-electron chi connectivity index (χ0n) is 10.6. The number of urea groups is 1. The Kier molecular flexibility index (Phi) is 6.41. The topological polar surface area (TPSA) is 59.4 Å². The summed E-state index contributed by atoms with van der Waals surface area (Å²) in [5, 5.41) is 11.3. The molecule has 0 aliphatic carbocycles. The molecule has 17 heavy (non-hydrogen) atoms. The van der Waals surface area contributed by atoms with Gasteiger partial charge in [-0.05, 0) is 26.3 Å². The van der Waals surface area contributed by atoms with Gasteiger partial charge in [-0.3, -0.25) is 4.90 Å². The predicted octanol–water partition coefficient (Wildman–Crippen LogP) is 1.03. The van der Waals surface area contributed by atoms with Gasteiger partial charge in [0.15, 0.2) is 0 Å². The Morgan fingerprint density at radius 2 is 2.00 bits per heavy atom. The molecular formula is C12H22N4O. The van der Waals surface area contributed by atoms with Crippen LogP contribution in [0.4, 0.5) is 4.79 Å². The first-order chi connectivity index (χ1) is 8.27. The maximum Gasteiger partial charge on any atom is 0.317 e. The molecule has 2 amide bonds. The molecule has 1 saturated heterocycles. The van der Waals surface area contributed by atoms with E-state index in [1.807, 2.05) is 11.8 Å². The zero-order valence-corrected chi connectivity index (χ0v) is 10.6. The molecule has 0 aromatic rings. The lowest BCUT2D eigenvalue weighted by atomic mass is 10.2. The minimum Gasteiger partial charge on any atom is -0.338 e. The minimum absolute atomic E-state index is 0.0524. The molecule has 1 N–H and O–H groups in total. The lowest BCUT2D eigenvalue weighted by Gasteiger charge is -2.34. The number of hydrogen-bond acceptors (Lipinski definition) is 3. The third-order valence-corrected chi connectivity index (χ3v) is 3.00. The van der Waals surface area contributed by atoms with Crippen molar-refractivity contribution in [2.75, 3.05) is 39.3 Å². The number of carbonyl (C=O) groups excluding carboxylic acids is 1. The Morgan fingerprint density at radius 1 is 1.29 bits per heavy atom. The highest BCUT2D eigenvalue weighted by molar-refractivity contribution is 5.74. The first kappa shape index (κ1) is 13.8. The molecule has 1 heterocycles. The van der Waals surface area contributed by atoms with Gasteiger partial charge in [-0.15, -0.1) is 0 Å². The fourth-order valence-electron chi connectivity index (χ4n) is 1.98. The number of carbonyl (C=O) groups is 1. The van der Waals surface area contributed by atoms with Gasteiger partial charge in [-0.1, -0.05) is 0 Å². The summed E-state index contributed by atoms with van der Waals surface area (Å²) in [5.74, 6) is 0. The number of hydrogen-bond donors (Lipinski definition) is 1. The van der Waals surface area contributed by atoms with Crippen molar-refractivity contribution in [1.82, 2.24) is 15.1 Å². The van der Waals surface area contributed by atoms with Crippen molar-refractivity contribution in [1.29, 1.82) is 5.26 Å². The molecule has 5 nitrogen and oxygen atoms in total. The number of piperazine rings is 1. The molecule has 5 heteroatoms. The first-order valence-electron chi connectivity index (χ1n) is 6.40. The number of amides is 2. The quantitative estimate of drug-likeness (QED) is 0.728. The standard InChI is InChI=1S/C12H22N4O/c1-2-14-12(17)16-10-8-15(9-11-16)7-5-3-4-6-13/h2-5,7-11H2,1H3,(H,14,17). The summed E-state index contributed by atoms with van der Waals surface area (Å²) in [4.78, 5) is 15.8. The van der Waals surface area contributed by atoms with Gasteiger partial charge in [0, 0.05) is 39.1 Å². The third kappa shape index (κ3) is 5.05. The summed E-state index contributed by atoms with van der Waals surface area (Å²) in [5.41, 5.74) is 0. The van der Waals surface area contributed by atoms with Crippen molar-refractivity contribution < 1.29 is 4.79 Å². The molecule has 96 valence electrons. The largest absolute Gasteiger partial charge is 0.338 e. The lowest BCUT2D eigenvalue weighted by Crippen LogP contribution is -2.51. The summed E-state index contributed by atoms with van der Waals surface area (Å²) in [6, 6.07) is 2.21. The molecule has 1 aliphatic heterocycles. The van der Waals surface area contributed by atoms with Crippen LogP contribution in [0.5, 0.6) is 0 Å². The highest BCUT2D eigenvalue weighted by atomic mass is 16.2. The van der Waals surface area contributed by atoms with Gasteiger partial charge in [0.05, 0.1) is 6.07 Å². The van der Waals surface area contributed by atoms with Crippen LogP contribution >= 0.6 is 0 Å². The summed E-state index contributed by atoms with van der Waals surface area (Å²) < 4.78 is 0. The second kappa shape index (κ2) is 7.91. The van der Waals surface area contributed by atoms with E-state index in [1.54, 1.807) is 0 Å². The molecular weight excluding hydrogens is 216 g/mol. The third-order valence-electron chi connectivity index (χ3n) is 3.00. The predicted molar refractivity (Wildman–Crippen MR) is 66.5 cm³/mol. The van der Waals surface area contributed by atoms with Crippen molar-refractivity contribution in [3.8, 4) is 6.07 Å². The van der Waals surface area contributed by atoms with Crippen molar-refractivity contribution in [2.45, 2.75) is 26.2 Å². The van der Waals surface area contributed by atoms with E-state index in [0.717, 1.165) is 45.6 Å². The molecule has 0 saturated carbocycles. The van der Waals surface area contributed by atoms with Crippen LogP contribution in [-0.4, -0.2) is 55.1 Å². The smallest absolute Gasteiger partial charge is 0.317 e. The van der Waals surface area contributed by atoms with Crippen LogP contribution in [0.1, 0.15) is 26.2 Å². The Balaban J connectivity index is 2.13. The first-order valence-corrected chi connectivity index (χ1v) is 6.40. The van der Waals surface area contributed by atoms with Crippen molar-refractivity contribution in [3.05, 3.63) is 0 Å². The number of nitrogens with zero attached hydrogens (tertiary/aromatic N) is 3. The van der Waals surface area contributed by atoms with E-state index in [1.165, 1.54) is 0 Å². The molecule has 0 bridgehead atoms. The normalized spacial score (nSPS) is 16.6. The second-order valence-corrected chi connectivity index (χ2v) is 4.28. The number of nitrogens with one attached hydrogen (secondary N) is 1. The van der Waals surface area contributed by atoms with Gasteiger partial charge in [0.1, 0.15) is 0 Å². The van der Waals surface area contributed by atoms with Crippen LogP contribution in [0.3, 0.4) is 0 Å². The monoisotopic (exact) mass is 238 g/mol. The van der Waals surface area contributed by atoms with Crippen molar-refractivity contribution in [3.63, 3.8) is 0 Å². The Labute approximate surface area is 103 Å². The van der Waals surface area contributed by atoms with E-state index in [9.17, 15) is 4.79 Å². The summed E-state index contributed by atoms with van der Waals surface area (Å²) in [6.07, 6.45) is 2.71. The Bertz CT molecular complexity index is 266. The average molecular weight is 238 g/mol. The fraction of sp³-hybridized carbons (Fsp3) is 0.833. The van der Waals surface area contributed by atoms with E-state index in [4.69, 9.17) is 5.26 Å². The minimum atomic E-state index is 0.0524. The van der Waals surface area contributed by atoms with Gasteiger partial charge < -0.3 is 10.2 Å². The zero-order chi connectivity index (χ0) is 12.5. The molecule has 1 fully saturated rings. The summed E-state index contributed by atoms with van der Waals surface area (Å²) >= 11 is 0. The SMILES string of the molecule is CCNC(=O)N1CCN(CCCCC#N)CC1. The van der Waals surface area contributed by atoms with Crippen molar-refractivity contribution in [2.24, 2.45) is 0 Å². The lowest BCUT2D eigenvalue weighted by molar-refractivity contribution is 0.138. The van der Waals surface area contributed by atoms with Gasteiger partial charge in [-0.25, -0.2) is 4.79 Å². The highest BCUT2D eigenvalue weighted by Crippen LogP contribution is 2.04. The van der Waals surface area contributed by atoms with Crippen LogP contribution in [0.25, 0.3) is 0 Å². The molecule has 0 unspecified atom stereocenters. The van der Waals surface area contributed by atoms with Crippen LogP contribution in [0.15, 0.2) is 0 Å². The molecule has 0 spiro atoms. The van der Waals surface area contributed by atoms with Gasteiger partial charge in [0.25, 0.3) is 0 Å². The second-order valence-electron chi connectivity index (χ2n) is 4.28. The summed E-state index contributed by atoms with van der Waals surface area (Å²) in [7, 11) is 0. The van der Waals surface area contributed by atoms with Crippen LogP contribution in [0, 0.1) is 11.3 Å². The molecule has 0 atom stereocenters. The van der Waals surface area contributed by atoms with E-state index in [2.05, 4.69) is 16.3 Å². The van der Waals surface area contributed by atoms with Gasteiger partial charge in [-0.2, -0.15) is 5.26 Å². The summed E-state index contributed by atoms with van der Waals surface area (Å²) in [6.45, 7) is 7.18. The molecule has 1 aliphatic rings. The van der Waals surface area contributed by atoms with E-state index >= 15 is 0 Å². The maximum atomic E-state index is 11.6.